The Morgan fingerprint density at radius 3 is 2.85 bits per heavy atom. The van der Waals surface area contributed by atoms with Crippen LogP contribution < -0.4 is 16.1 Å². The number of rotatable bonds is 3. The van der Waals surface area contributed by atoms with E-state index in [9.17, 15) is 0 Å². The molecule has 0 saturated carbocycles. The quantitative estimate of drug-likeness (QED) is 0.274. The maximum atomic E-state index is 8.68. The van der Waals surface area contributed by atoms with Crippen molar-refractivity contribution >= 4 is 28.7 Å². The van der Waals surface area contributed by atoms with E-state index in [1.54, 1.807) is 21.5 Å². The van der Waals surface area contributed by atoms with E-state index in [1.807, 2.05) is 31.6 Å². The van der Waals surface area contributed by atoms with E-state index in [-0.39, 0.29) is 10.7 Å². The Labute approximate surface area is 197 Å². The van der Waals surface area contributed by atoms with Crippen LogP contribution in [0.2, 0.25) is 0 Å². The molecule has 8 nitrogen and oxygen atoms in total. The fourth-order valence-corrected chi connectivity index (χ4v) is 5.00. The first-order chi connectivity index (χ1) is 16.1. The fraction of sp³-hybridized carbons (Fsp3) is 0.292. The third-order valence-corrected chi connectivity index (χ3v) is 6.85. The first-order valence-electron chi connectivity index (χ1n) is 11.1. The lowest BCUT2D eigenvalue weighted by molar-refractivity contribution is 0.367. The van der Waals surface area contributed by atoms with Crippen molar-refractivity contribution < 1.29 is 0 Å². The summed E-state index contributed by atoms with van der Waals surface area (Å²) in [5, 5.41) is 28.5. The molecule has 2 aliphatic rings. The number of benzene rings is 1. The van der Waals surface area contributed by atoms with Crippen LogP contribution in [-0.2, 0) is 7.05 Å². The van der Waals surface area contributed by atoms with E-state index >= 15 is 0 Å². The summed E-state index contributed by atoms with van der Waals surface area (Å²) in [6.45, 7) is 5.04. The van der Waals surface area contributed by atoms with Crippen LogP contribution in [0.4, 0.5) is 5.69 Å². The van der Waals surface area contributed by atoms with Crippen molar-refractivity contribution in [2.24, 2.45) is 7.05 Å². The third-order valence-electron chi connectivity index (χ3n) is 5.97. The molecule has 170 valence electrons. The SMILES string of the molecule is Cn1cc(-c2ccc(=N)n(C(=N)Sc3ccc4c(c3)C=C(N3CCCNCC3)CN4)c2)cn1. The maximum Gasteiger partial charge on any atom is 0.171 e. The number of hydrogen-bond acceptors (Lipinski definition) is 7. The number of fused-ring (bicyclic) bond motifs is 1. The average molecular weight is 461 g/mol. The van der Waals surface area contributed by atoms with E-state index in [1.165, 1.54) is 17.5 Å². The van der Waals surface area contributed by atoms with Gasteiger partial charge in [0, 0.05) is 72.0 Å². The van der Waals surface area contributed by atoms with Crippen molar-refractivity contribution in [2.75, 3.05) is 38.0 Å². The Bertz CT molecular complexity index is 1260. The molecule has 0 amide bonds. The second-order valence-corrected chi connectivity index (χ2v) is 9.37. The van der Waals surface area contributed by atoms with Crippen molar-refractivity contribution in [1.29, 1.82) is 10.8 Å². The van der Waals surface area contributed by atoms with Gasteiger partial charge in [-0.05, 0) is 49.4 Å². The van der Waals surface area contributed by atoms with E-state index in [0.717, 1.165) is 66.4 Å². The minimum absolute atomic E-state index is 0.275. The predicted octanol–water partition coefficient (Wildman–Crippen LogP) is 3.00. The number of anilines is 1. The molecule has 3 aromatic rings. The monoisotopic (exact) mass is 460 g/mol. The lowest BCUT2D eigenvalue weighted by atomic mass is 10.1. The number of nitrogens with one attached hydrogen (secondary N) is 4. The minimum atomic E-state index is 0.275. The first kappa shape index (κ1) is 21.5. The van der Waals surface area contributed by atoms with Gasteiger partial charge in [-0.15, -0.1) is 0 Å². The number of thioether (sulfide) groups is 1. The zero-order chi connectivity index (χ0) is 22.8. The molecule has 1 saturated heterocycles. The second kappa shape index (κ2) is 9.29. The zero-order valence-corrected chi connectivity index (χ0v) is 19.5. The zero-order valence-electron chi connectivity index (χ0n) is 18.6. The van der Waals surface area contributed by atoms with Crippen LogP contribution in [0.3, 0.4) is 0 Å². The summed E-state index contributed by atoms with van der Waals surface area (Å²) < 4.78 is 3.36. The molecule has 1 aromatic carbocycles. The smallest absolute Gasteiger partial charge is 0.171 e. The Morgan fingerprint density at radius 1 is 1.09 bits per heavy atom. The molecule has 0 spiro atoms. The highest BCUT2D eigenvalue weighted by Gasteiger charge is 2.17. The largest absolute Gasteiger partial charge is 0.379 e. The van der Waals surface area contributed by atoms with E-state index in [2.05, 4.69) is 38.8 Å². The van der Waals surface area contributed by atoms with Gasteiger partial charge < -0.3 is 15.5 Å². The van der Waals surface area contributed by atoms with Gasteiger partial charge in [0.15, 0.2) is 5.17 Å². The third kappa shape index (κ3) is 4.74. The Hall–Kier alpha value is -3.30. The molecule has 4 heterocycles. The minimum Gasteiger partial charge on any atom is -0.379 e. The molecule has 33 heavy (non-hydrogen) atoms. The highest BCUT2D eigenvalue weighted by Crippen LogP contribution is 2.30. The molecule has 5 rings (SSSR count). The Balaban J connectivity index is 1.37. The average Bonchev–Trinajstić information content (AvgIpc) is 3.07. The summed E-state index contributed by atoms with van der Waals surface area (Å²) in [6.07, 6.45) is 8.99. The van der Waals surface area contributed by atoms with Gasteiger partial charge in [0.1, 0.15) is 5.49 Å². The van der Waals surface area contributed by atoms with Crippen LogP contribution in [0.5, 0.6) is 0 Å². The lowest BCUT2D eigenvalue weighted by Crippen LogP contribution is -2.31. The van der Waals surface area contributed by atoms with Gasteiger partial charge in [-0.25, -0.2) is 0 Å². The number of nitrogens with zero attached hydrogens (tertiary/aromatic N) is 4. The summed E-state index contributed by atoms with van der Waals surface area (Å²) in [7, 11) is 1.88. The van der Waals surface area contributed by atoms with Crippen molar-refractivity contribution in [2.45, 2.75) is 11.3 Å². The molecule has 2 aromatic heterocycles. The summed E-state index contributed by atoms with van der Waals surface area (Å²) in [6, 6.07) is 9.86. The first-order valence-corrected chi connectivity index (χ1v) is 12.0. The maximum absolute atomic E-state index is 8.68. The van der Waals surface area contributed by atoms with E-state index in [4.69, 9.17) is 10.8 Å². The van der Waals surface area contributed by atoms with Crippen LogP contribution in [-0.4, -0.2) is 57.1 Å². The standard InChI is InChI=1S/C24H28N8S/c1-30-15-19(13-29-30)17-3-6-23(25)32(16-17)24(26)33-21-4-5-22-18(12-21)11-20(14-28-22)31-9-2-7-27-8-10-31/h3-6,11-13,15-16,25-28H,2,7-10,14H2,1H3. The van der Waals surface area contributed by atoms with Gasteiger partial charge in [0.2, 0.25) is 0 Å². The summed E-state index contributed by atoms with van der Waals surface area (Å²) in [4.78, 5) is 3.44. The number of pyridine rings is 1. The summed E-state index contributed by atoms with van der Waals surface area (Å²) in [5.74, 6) is 0. The van der Waals surface area contributed by atoms with Gasteiger partial charge >= 0.3 is 0 Å². The van der Waals surface area contributed by atoms with Gasteiger partial charge in [0.25, 0.3) is 0 Å². The van der Waals surface area contributed by atoms with Crippen molar-refractivity contribution in [1.82, 2.24) is 24.6 Å². The van der Waals surface area contributed by atoms with Gasteiger partial charge in [0.05, 0.1) is 12.7 Å². The highest BCUT2D eigenvalue weighted by atomic mass is 32.2. The van der Waals surface area contributed by atoms with Crippen molar-refractivity contribution in [3.63, 3.8) is 0 Å². The second-order valence-electron chi connectivity index (χ2n) is 8.31. The van der Waals surface area contributed by atoms with Crippen LogP contribution >= 0.6 is 11.8 Å². The molecule has 2 aliphatic heterocycles. The van der Waals surface area contributed by atoms with Crippen LogP contribution in [0, 0.1) is 10.8 Å². The molecule has 0 unspecified atom stereocenters. The molecule has 9 heteroatoms. The molecule has 1 fully saturated rings. The number of hydrogen-bond donors (Lipinski definition) is 4. The molecule has 4 N–H and O–H groups in total. The highest BCUT2D eigenvalue weighted by molar-refractivity contribution is 8.13. The molecular formula is C24H28N8S. The summed E-state index contributed by atoms with van der Waals surface area (Å²) >= 11 is 1.36. The predicted molar refractivity (Wildman–Crippen MR) is 133 cm³/mol. The molecule has 0 aliphatic carbocycles. The number of aromatic nitrogens is 3. The van der Waals surface area contributed by atoms with Crippen molar-refractivity contribution in [3.05, 3.63) is 65.7 Å². The van der Waals surface area contributed by atoms with E-state index in [0.29, 0.717) is 0 Å². The molecule has 0 bridgehead atoms. The van der Waals surface area contributed by atoms with Crippen LogP contribution in [0.1, 0.15) is 12.0 Å². The van der Waals surface area contributed by atoms with Gasteiger partial charge in [-0.2, -0.15) is 5.10 Å². The van der Waals surface area contributed by atoms with Crippen LogP contribution in [0.25, 0.3) is 17.2 Å². The Morgan fingerprint density at radius 2 is 2.00 bits per heavy atom. The number of aryl methyl sites for hydroxylation is 1. The lowest BCUT2D eigenvalue weighted by Gasteiger charge is -2.29. The van der Waals surface area contributed by atoms with E-state index < -0.39 is 0 Å². The van der Waals surface area contributed by atoms with Crippen molar-refractivity contribution in [3.8, 4) is 11.1 Å². The fourth-order valence-electron chi connectivity index (χ4n) is 4.21. The molecular weight excluding hydrogens is 432 g/mol. The topological polar surface area (TPSA) is 97.8 Å². The van der Waals surface area contributed by atoms with Gasteiger partial charge in [-0.3, -0.25) is 20.1 Å². The van der Waals surface area contributed by atoms with Gasteiger partial charge in [-0.1, -0.05) is 11.8 Å². The summed E-state index contributed by atoms with van der Waals surface area (Å²) in [5.41, 5.74) is 5.75. The normalized spacial score (nSPS) is 15.9. The van der Waals surface area contributed by atoms with Crippen LogP contribution in [0.15, 0.2) is 59.5 Å². The molecule has 0 atom stereocenters. The molecule has 0 radical (unpaired) electrons. The Kier molecular flexibility index (Phi) is 6.06.